The molecule has 1 aliphatic rings. The van der Waals surface area contributed by atoms with Gasteiger partial charge in [-0.2, -0.15) is 0 Å². The van der Waals surface area contributed by atoms with Crippen molar-refractivity contribution in [1.29, 1.82) is 0 Å². The molecule has 2 heterocycles. The number of carbonyl (C=O) groups is 1. The molecule has 0 atom stereocenters. The van der Waals surface area contributed by atoms with Gasteiger partial charge < -0.3 is 4.90 Å². The maximum Gasteiger partial charge on any atom is 0.161 e. The number of anilines is 1. The third kappa shape index (κ3) is 5.46. The summed E-state index contributed by atoms with van der Waals surface area (Å²) in [6.45, 7) is 15.5. The minimum absolute atomic E-state index is 0.0702. The van der Waals surface area contributed by atoms with Crippen LogP contribution in [-0.2, 0) is 0 Å². The third-order valence-corrected chi connectivity index (χ3v) is 3.47. The van der Waals surface area contributed by atoms with Gasteiger partial charge in [-0.3, -0.25) is 9.69 Å². The molecule has 0 aromatic carbocycles. The molecule has 21 heavy (non-hydrogen) atoms. The molecule has 1 aromatic rings. The molecule has 1 aliphatic heterocycles. The monoisotopic (exact) mass is 291 g/mol. The molecule has 2 rings (SSSR count). The summed E-state index contributed by atoms with van der Waals surface area (Å²) in [7, 11) is 0. The Bertz CT molecular complexity index is 420. The molecule has 0 N–H and O–H groups in total. The number of nitrogens with zero attached hydrogens (tertiary/aromatic N) is 3. The van der Waals surface area contributed by atoms with Crippen molar-refractivity contribution in [2.75, 3.05) is 37.6 Å². The first-order valence-electron chi connectivity index (χ1n) is 8.00. The fraction of sp³-hybridized carbons (Fsp3) is 0.647. The summed E-state index contributed by atoms with van der Waals surface area (Å²) in [5, 5.41) is 0. The zero-order chi connectivity index (χ0) is 15.8. The Morgan fingerprint density at radius 1 is 1.19 bits per heavy atom. The van der Waals surface area contributed by atoms with Crippen molar-refractivity contribution < 1.29 is 4.79 Å². The molecule has 0 unspecified atom stereocenters. The Labute approximate surface area is 129 Å². The predicted molar refractivity (Wildman–Crippen MR) is 89.1 cm³/mol. The van der Waals surface area contributed by atoms with E-state index < -0.39 is 0 Å². The topological polar surface area (TPSA) is 36.4 Å². The summed E-state index contributed by atoms with van der Waals surface area (Å²) >= 11 is 0. The van der Waals surface area contributed by atoms with E-state index in [4.69, 9.17) is 0 Å². The lowest BCUT2D eigenvalue weighted by atomic mass is 10.2. The number of hydrogen-bond donors (Lipinski definition) is 0. The van der Waals surface area contributed by atoms with Gasteiger partial charge in [-0.15, -0.1) is 0 Å². The largest absolute Gasteiger partial charge is 0.354 e. The highest BCUT2D eigenvalue weighted by molar-refractivity contribution is 5.93. The van der Waals surface area contributed by atoms with E-state index in [0.717, 1.165) is 37.9 Å². The van der Waals surface area contributed by atoms with Crippen molar-refractivity contribution in [2.24, 2.45) is 5.92 Å². The molecular formula is C17H29N3O. The Balaban J connectivity index is 0.00000106. The molecule has 0 aliphatic carbocycles. The highest BCUT2D eigenvalue weighted by Gasteiger charge is 2.18. The second kappa shape index (κ2) is 8.78. The van der Waals surface area contributed by atoms with Crippen LogP contribution in [0.25, 0.3) is 0 Å². The lowest BCUT2D eigenvalue weighted by Gasteiger charge is -2.36. The normalized spacial score (nSPS) is 15.6. The van der Waals surface area contributed by atoms with Gasteiger partial charge in [-0.25, -0.2) is 4.98 Å². The van der Waals surface area contributed by atoms with Crippen LogP contribution in [-0.4, -0.2) is 48.4 Å². The minimum Gasteiger partial charge on any atom is -0.354 e. The number of ketones is 1. The van der Waals surface area contributed by atoms with E-state index in [2.05, 4.69) is 28.6 Å². The summed E-state index contributed by atoms with van der Waals surface area (Å²) in [5.74, 6) is 1.77. The van der Waals surface area contributed by atoms with Gasteiger partial charge in [0.25, 0.3) is 0 Å². The van der Waals surface area contributed by atoms with Gasteiger partial charge in [0.05, 0.1) is 0 Å². The van der Waals surface area contributed by atoms with E-state index in [1.54, 1.807) is 13.1 Å². The lowest BCUT2D eigenvalue weighted by molar-refractivity contribution is 0.101. The van der Waals surface area contributed by atoms with Crippen LogP contribution in [0.2, 0.25) is 0 Å². The van der Waals surface area contributed by atoms with Crippen LogP contribution in [0.3, 0.4) is 0 Å². The summed E-state index contributed by atoms with van der Waals surface area (Å²) < 4.78 is 0. The second-order valence-corrected chi connectivity index (χ2v) is 5.64. The summed E-state index contributed by atoms with van der Waals surface area (Å²) in [5.41, 5.74) is 0.683. The molecule has 0 radical (unpaired) electrons. The fourth-order valence-corrected chi connectivity index (χ4v) is 2.46. The molecule has 4 heteroatoms. The molecular weight excluding hydrogens is 262 g/mol. The zero-order valence-corrected chi connectivity index (χ0v) is 14.1. The molecule has 4 nitrogen and oxygen atoms in total. The Morgan fingerprint density at radius 3 is 2.24 bits per heavy atom. The zero-order valence-electron chi connectivity index (χ0n) is 14.1. The highest BCUT2D eigenvalue weighted by Crippen LogP contribution is 2.15. The van der Waals surface area contributed by atoms with Crippen LogP contribution in [0.4, 0.5) is 5.82 Å². The third-order valence-electron chi connectivity index (χ3n) is 3.47. The van der Waals surface area contributed by atoms with Crippen molar-refractivity contribution in [3.8, 4) is 0 Å². The van der Waals surface area contributed by atoms with Crippen LogP contribution < -0.4 is 4.90 Å². The highest BCUT2D eigenvalue weighted by atomic mass is 16.1. The lowest BCUT2D eigenvalue weighted by Crippen LogP contribution is -2.47. The van der Waals surface area contributed by atoms with Gasteiger partial charge in [0.15, 0.2) is 5.78 Å². The average Bonchev–Trinajstić information content (AvgIpc) is 2.49. The molecule has 1 saturated heterocycles. The van der Waals surface area contributed by atoms with Gasteiger partial charge in [0.2, 0.25) is 0 Å². The molecule has 0 saturated carbocycles. The first kappa shape index (κ1) is 17.6. The van der Waals surface area contributed by atoms with E-state index in [0.29, 0.717) is 5.56 Å². The molecule has 1 aromatic heterocycles. The first-order chi connectivity index (χ1) is 10.1. The summed E-state index contributed by atoms with van der Waals surface area (Å²) in [6, 6.07) is 3.82. The van der Waals surface area contributed by atoms with Gasteiger partial charge in [-0.1, -0.05) is 27.7 Å². The van der Waals surface area contributed by atoms with Crippen molar-refractivity contribution in [3.63, 3.8) is 0 Å². The second-order valence-electron chi connectivity index (χ2n) is 5.64. The minimum atomic E-state index is 0.0702. The van der Waals surface area contributed by atoms with Crippen LogP contribution in [0.5, 0.6) is 0 Å². The standard InChI is InChI=1S/C15H23N3O.C2H6/c1-12(2)11-17-6-8-18(9-7-17)15-5-4-14(10-16-15)13(3)19;1-2/h4-5,10,12H,6-9,11H2,1-3H3;1-2H3. The average molecular weight is 291 g/mol. The van der Waals surface area contributed by atoms with Gasteiger partial charge in [-0.05, 0) is 25.0 Å². The van der Waals surface area contributed by atoms with E-state index in [-0.39, 0.29) is 5.78 Å². The number of aromatic nitrogens is 1. The molecule has 1 fully saturated rings. The quantitative estimate of drug-likeness (QED) is 0.799. The van der Waals surface area contributed by atoms with Crippen LogP contribution in [0.15, 0.2) is 18.3 Å². The SMILES string of the molecule is CC.CC(=O)c1ccc(N2CCN(CC(C)C)CC2)nc1. The van der Waals surface area contributed by atoms with E-state index in [1.807, 2.05) is 26.0 Å². The fourth-order valence-electron chi connectivity index (χ4n) is 2.46. The van der Waals surface area contributed by atoms with Gasteiger partial charge in [0.1, 0.15) is 5.82 Å². The smallest absolute Gasteiger partial charge is 0.161 e. The van der Waals surface area contributed by atoms with Crippen LogP contribution in [0.1, 0.15) is 45.0 Å². The maximum absolute atomic E-state index is 11.2. The number of carbonyl (C=O) groups excluding carboxylic acids is 1. The van der Waals surface area contributed by atoms with Gasteiger partial charge >= 0.3 is 0 Å². The van der Waals surface area contributed by atoms with Crippen LogP contribution >= 0.6 is 0 Å². The van der Waals surface area contributed by atoms with Crippen molar-refractivity contribution in [2.45, 2.75) is 34.6 Å². The van der Waals surface area contributed by atoms with Crippen molar-refractivity contribution in [1.82, 2.24) is 9.88 Å². The predicted octanol–water partition coefficient (Wildman–Crippen LogP) is 3.09. The Hall–Kier alpha value is -1.42. The molecule has 0 bridgehead atoms. The Kier molecular flexibility index (Phi) is 7.37. The summed E-state index contributed by atoms with van der Waals surface area (Å²) in [4.78, 5) is 20.4. The summed E-state index contributed by atoms with van der Waals surface area (Å²) in [6.07, 6.45) is 1.68. The number of piperazine rings is 1. The van der Waals surface area contributed by atoms with Gasteiger partial charge in [0, 0.05) is 44.5 Å². The van der Waals surface area contributed by atoms with E-state index >= 15 is 0 Å². The van der Waals surface area contributed by atoms with E-state index in [1.165, 1.54) is 6.54 Å². The molecule has 0 spiro atoms. The number of rotatable bonds is 4. The number of hydrogen-bond acceptors (Lipinski definition) is 4. The number of Topliss-reactive ketones (excluding diaryl/α,β-unsaturated/α-hetero) is 1. The Morgan fingerprint density at radius 2 is 1.81 bits per heavy atom. The first-order valence-corrected chi connectivity index (χ1v) is 8.00. The van der Waals surface area contributed by atoms with Crippen LogP contribution in [0, 0.1) is 5.92 Å². The van der Waals surface area contributed by atoms with Crippen molar-refractivity contribution >= 4 is 11.6 Å². The molecule has 118 valence electrons. The maximum atomic E-state index is 11.2. The molecule has 0 amide bonds. The van der Waals surface area contributed by atoms with E-state index in [9.17, 15) is 4.79 Å². The van der Waals surface area contributed by atoms with Crippen molar-refractivity contribution in [3.05, 3.63) is 23.9 Å². The number of pyridine rings is 1.